The quantitative estimate of drug-likeness (QED) is 0.696. The van der Waals surface area contributed by atoms with Gasteiger partial charge >= 0.3 is 0 Å². The molecular formula is C11H7N3O2. The van der Waals surface area contributed by atoms with E-state index in [-0.39, 0.29) is 11.8 Å². The molecule has 0 radical (unpaired) electrons. The van der Waals surface area contributed by atoms with Crippen molar-refractivity contribution >= 4 is 23.0 Å². The number of rotatable bonds is 1. The van der Waals surface area contributed by atoms with Crippen LogP contribution in [-0.4, -0.2) is 21.2 Å². The summed E-state index contributed by atoms with van der Waals surface area (Å²) in [4.78, 5) is 26.7. The van der Waals surface area contributed by atoms with Crippen molar-refractivity contribution in [2.24, 2.45) is 0 Å². The third kappa shape index (κ3) is 1.15. The summed E-state index contributed by atoms with van der Waals surface area (Å²) < 4.78 is 1.77. The van der Waals surface area contributed by atoms with Crippen molar-refractivity contribution in [3.05, 3.63) is 42.4 Å². The Kier molecular flexibility index (Phi) is 1.67. The second-order valence-electron chi connectivity index (χ2n) is 3.45. The van der Waals surface area contributed by atoms with Crippen molar-refractivity contribution in [2.75, 3.05) is 0 Å². The van der Waals surface area contributed by atoms with Crippen molar-refractivity contribution in [1.82, 2.24) is 14.7 Å². The first-order valence-electron chi connectivity index (χ1n) is 4.75. The average molecular weight is 213 g/mol. The summed E-state index contributed by atoms with van der Waals surface area (Å²) in [5.41, 5.74) is 1.72. The SMILES string of the molecule is O=C1C=C(c2cnc3ccccn23)C(=O)N1. The fraction of sp³-hybridized carbons (Fsp3) is 0. The van der Waals surface area contributed by atoms with E-state index >= 15 is 0 Å². The molecule has 2 aromatic heterocycles. The van der Waals surface area contributed by atoms with Crippen molar-refractivity contribution in [2.45, 2.75) is 0 Å². The molecule has 1 aliphatic heterocycles. The highest BCUT2D eigenvalue weighted by atomic mass is 16.2. The van der Waals surface area contributed by atoms with Crippen LogP contribution in [0.3, 0.4) is 0 Å². The summed E-state index contributed by atoms with van der Waals surface area (Å²) in [6.45, 7) is 0. The standard InChI is InChI=1S/C11H7N3O2/c15-10-5-7(11(16)13-10)8-6-12-9-3-1-2-4-14(8)9/h1-6H,(H,13,15,16). The molecule has 2 amide bonds. The van der Waals surface area contributed by atoms with Gasteiger partial charge in [0.1, 0.15) is 5.65 Å². The number of carbonyl (C=O) groups excluding carboxylic acids is 2. The number of carbonyl (C=O) groups is 2. The maximum Gasteiger partial charge on any atom is 0.260 e. The summed E-state index contributed by atoms with van der Waals surface area (Å²) in [5, 5.41) is 2.21. The molecule has 3 rings (SSSR count). The molecule has 1 aliphatic rings. The summed E-state index contributed by atoms with van der Waals surface area (Å²) in [6.07, 6.45) is 4.67. The second-order valence-corrected chi connectivity index (χ2v) is 3.45. The number of fused-ring (bicyclic) bond motifs is 1. The minimum Gasteiger partial charge on any atom is -0.299 e. The molecule has 2 aromatic rings. The Labute approximate surface area is 90.4 Å². The zero-order valence-corrected chi connectivity index (χ0v) is 8.18. The minimum absolute atomic E-state index is 0.351. The molecule has 0 fully saturated rings. The first-order chi connectivity index (χ1) is 7.75. The highest BCUT2D eigenvalue weighted by Gasteiger charge is 2.24. The molecule has 0 aromatic carbocycles. The fourth-order valence-electron chi connectivity index (χ4n) is 1.73. The van der Waals surface area contributed by atoms with Gasteiger partial charge in [0, 0.05) is 12.3 Å². The molecule has 0 saturated heterocycles. The van der Waals surface area contributed by atoms with Crippen LogP contribution in [0, 0.1) is 0 Å². The van der Waals surface area contributed by atoms with Crippen molar-refractivity contribution in [3.63, 3.8) is 0 Å². The molecule has 0 bridgehead atoms. The molecule has 0 spiro atoms. The second kappa shape index (κ2) is 3.03. The highest BCUT2D eigenvalue weighted by molar-refractivity contribution is 6.33. The predicted molar refractivity (Wildman–Crippen MR) is 56.3 cm³/mol. The molecule has 1 N–H and O–H groups in total. The molecule has 3 heterocycles. The van der Waals surface area contributed by atoms with Crippen LogP contribution < -0.4 is 5.32 Å². The zero-order valence-electron chi connectivity index (χ0n) is 8.18. The van der Waals surface area contributed by atoms with Gasteiger partial charge in [0.05, 0.1) is 17.5 Å². The Hall–Kier alpha value is -2.43. The van der Waals surface area contributed by atoms with Crippen molar-refractivity contribution < 1.29 is 9.59 Å². The average Bonchev–Trinajstić information content (AvgIpc) is 2.81. The van der Waals surface area contributed by atoms with Gasteiger partial charge in [0.15, 0.2) is 0 Å². The highest BCUT2D eigenvalue weighted by Crippen LogP contribution is 2.19. The van der Waals surface area contributed by atoms with Gasteiger partial charge in [0.25, 0.3) is 11.8 Å². The van der Waals surface area contributed by atoms with E-state index < -0.39 is 0 Å². The molecule has 5 nitrogen and oxygen atoms in total. The van der Waals surface area contributed by atoms with Gasteiger partial charge in [-0.15, -0.1) is 0 Å². The first-order valence-corrected chi connectivity index (χ1v) is 4.75. The molecular weight excluding hydrogens is 206 g/mol. The van der Waals surface area contributed by atoms with Gasteiger partial charge in [-0.3, -0.25) is 19.3 Å². The Morgan fingerprint density at radius 1 is 1.25 bits per heavy atom. The van der Waals surface area contributed by atoms with Gasteiger partial charge in [-0.25, -0.2) is 4.98 Å². The molecule has 16 heavy (non-hydrogen) atoms. The lowest BCUT2D eigenvalue weighted by atomic mass is 10.2. The Morgan fingerprint density at radius 3 is 2.88 bits per heavy atom. The summed E-state index contributed by atoms with van der Waals surface area (Å²) in [5.74, 6) is -0.762. The van der Waals surface area contributed by atoms with Gasteiger partial charge in [-0.05, 0) is 12.1 Å². The topological polar surface area (TPSA) is 63.5 Å². The van der Waals surface area contributed by atoms with Crippen LogP contribution in [0.2, 0.25) is 0 Å². The summed E-state index contributed by atoms with van der Waals surface area (Å²) in [7, 11) is 0. The van der Waals surface area contributed by atoms with Crippen LogP contribution in [0.4, 0.5) is 0 Å². The monoisotopic (exact) mass is 213 g/mol. The lowest BCUT2D eigenvalue weighted by molar-refractivity contribution is -0.123. The zero-order chi connectivity index (χ0) is 11.1. The van der Waals surface area contributed by atoms with Gasteiger partial charge in [-0.1, -0.05) is 6.07 Å². The van der Waals surface area contributed by atoms with E-state index in [1.807, 2.05) is 18.2 Å². The number of imide groups is 1. The number of nitrogens with one attached hydrogen (secondary N) is 1. The lowest BCUT2D eigenvalue weighted by Crippen LogP contribution is -2.22. The molecule has 0 unspecified atom stereocenters. The normalized spacial score (nSPS) is 15.4. The van der Waals surface area contributed by atoms with E-state index in [1.54, 1.807) is 16.8 Å². The molecule has 0 aliphatic carbocycles. The Morgan fingerprint density at radius 2 is 2.12 bits per heavy atom. The van der Waals surface area contributed by atoms with Crippen LogP contribution in [0.15, 0.2) is 36.7 Å². The largest absolute Gasteiger partial charge is 0.299 e. The Bertz CT molecular complexity index is 639. The van der Waals surface area contributed by atoms with E-state index in [0.717, 1.165) is 5.65 Å². The number of imidazole rings is 1. The third-order valence-corrected chi connectivity index (χ3v) is 2.45. The van der Waals surface area contributed by atoms with Crippen LogP contribution in [0.5, 0.6) is 0 Å². The maximum absolute atomic E-state index is 11.5. The summed E-state index contributed by atoms with van der Waals surface area (Å²) in [6, 6.07) is 5.53. The van der Waals surface area contributed by atoms with E-state index in [2.05, 4.69) is 10.3 Å². The van der Waals surface area contributed by atoms with E-state index in [0.29, 0.717) is 11.3 Å². The van der Waals surface area contributed by atoms with Gasteiger partial charge < -0.3 is 0 Å². The van der Waals surface area contributed by atoms with Crippen LogP contribution >= 0.6 is 0 Å². The smallest absolute Gasteiger partial charge is 0.260 e. The molecule has 0 atom stereocenters. The molecule has 78 valence electrons. The van der Waals surface area contributed by atoms with Crippen LogP contribution in [0.1, 0.15) is 5.69 Å². The van der Waals surface area contributed by atoms with E-state index in [1.165, 1.54) is 6.08 Å². The van der Waals surface area contributed by atoms with Crippen LogP contribution in [0.25, 0.3) is 11.2 Å². The number of nitrogens with zero attached hydrogens (tertiary/aromatic N) is 2. The molecule has 0 saturated carbocycles. The molecule has 5 heteroatoms. The van der Waals surface area contributed by atoms with Crippen molar-refractivity contribution in [3.8, 4) is 0 Å². The van der Waals surface area contributed by atoms with Crippen molar-refractivity contribution in [1.29, 1.82) is 0 Å². The number of pyridine rings is 1. The third-order valence-electron chi connectivity index (χ3n) is 2.45. The van der Waals surface area contributed by atoms with E-state index in [4.69, 9.17) is 0 Å². The number of hydrogen-bond acceptors (Lipinski definition) is 3. The van der Waals surface area contributed by atoms with E-state index in [9.17, 15) is 9.59 Å². The maximum atomic E-state index is 11.5. The lowest BCUT2D eigenvalue weighted by Gasteiger charge is -1.99. The number of amides is 2. The summed E-state index contributed by atoms with van der Waals surface area (Å²) >= 11 is 0. The van der Waals surface area contributed by atoms with Crippen LogP contribution in [-0.2, 0) is 9.59 Å². The minimum atomic E-state index is -0.383. The Balaban J connectivity index is 2.24. The number of aromatic nitrogens is 2. The van der Waals surface area contributed by atoms with Gasteiger partial charge in [-0.2, -0.15) is 0 Å². The number of hydrogen-bond donors (Lipinski definition) is 1. The van der Waals surface area contributed by atoms with Gasteiger partial charge in [0.2, 0.25) is 0 Å². The fourth-order valence-corrected chi connectivity index (χ4v) is 1.73. The predicted octanol–water partition coefficient (Wildman–Crippen LogP) is 0.374. The first kappa shape index (κ1) is 8.84.